The molecule has 0 unspecified atom stereocenters. The van der Waals surface area contributed by atoms with Crippen LogP contribution in [0.2, 0.25) is 5.02 Å². The summed E-state index contributed by atoms with van der Waals surface area (Å²) >= 11 is 6.02. The van der Waals surface area contributed by atoms with Crippen molar-refractivity contribution < 1.29 is 0 Å². The van der Waals surface area contributed by atoms with Gasteiger partial charge in [-0.15, -0.1) is 0 Å². The topological polar surface area (TPSA) is 12.0 Å². The van der Waals surface area contributed by atoms with Crippen LogP contribution in [0.15, 0.2) is 42.5 Å². The van der Waals surface area contributed by atoms with E-state index in [-0.39, 0.29) is 0 Å². The van der Waals surface area contributed by atoms with E-state index in [2.05, 4.69) is 50.4 Å². The predicted molar refractivity (Wildman–Crippen MR) is 82.6 cm³/mol. The molecule has 2 rings (SSSR count). The van der Waals surface area contributed by atoms with Crippen LogP contribution in [0.3, 0.4) is 0 Å². The van der Waals surface area contributed by atoms with E-state index in [1.165, 1.54) is 22.3 Å². The predicted octanol–water partition coefficient (Wildman–Crippen LogP) is 4.81. The highest BCUT2D eigenvalue weighted by Gasteiger charge is 2.06. The molecule has 0 radical (unpaired) electrons. The summed E-state index contributed by atoms with van der Waals surface area (Å²) in [6, 6.07) is 14.8. The second kappa shape index (κ2) is 6.23. The number of benzene rings is 2. The van der Waals surface area contributed by atoms with E-state index in [1.807, 2.05) is 18.2 Å². The first kappa shape index (κ1) is 14.1. The molecule has 0 fully saturated rings. The third kappa shape index (κ3) is 3.59. The maximum atomic E-state index is 6.02. The molecule has 0 aliphatic carbocycles. The molecule has 0 amide bonds. The van der Waals surface area contributed by atoms with Crippen molar-refractivity contribution in [2.75, 3.05) is 0 Å². The van der Waals surface area contributed by atoms with Crippen LogP contribution in [0.5, 0.6) is 0 Å². The Hall–Kier alpha value is -1.31. The summed E-state index contributed by atoms with van der Waals surface area (Å²) in [7, 11) is 0. The van der Waals surface area contributed by atoms with Gasteiger partial charge in [-0.3, -0.25) is 0 Å². The molecule has 0 spiro atoms. The third-order valence-corrected chi connectivity index (χ3v) is 3.90. The standard InChI is InChI=1S/C17H20ClN/c1-12-6-4-8-16(13(12)2)11-19-14(3)15-7-5-9-17(18)10-15/h4-10,14,19H,11H2,1-3H3/t14-/m0/s1. The van der Waals surface area contributed by atoms with Crippen molar-refractivity contribution in [1.29, 1.82) is 0 Å². The van der Waals surface area contributed by atoms with Crippen LogP contribution < -0.4 is 5.32 Å². The molecule has 1 N–H and O–H groups in total. The molecule has 2 aromatic carbocycles. The summed E-state index contributed by atoms with van der Waals surface area (Å²) in [5.41, 5.74) is 5.29. The van der Waals surface area contributed by atoms with Crippen LogP contribution in [0, 0.1) is 13.8 Å². The van der Waals surface area contributed by atoms with Gasteiger partial charge in [0.25, 0.3) is 0 Å². The smallest absolute Gasteiger partial charge is 0.0409 e. The zero-order chi connectivity index (χ0) is 13.8. The van der Waals surface area contributed by atoms with Crippen LogP contribution in [-0.2, 0) is 6.54 Å². The van der Waals surface area contributed by atoms with Crippen molar-refractivity contribution in [1.82, 2.24) is 5.32 Å². The highest BCUT2D eigenvalue weighted by molar-refractivity contribution is 6.30. The molecule has 0 saturated carbocycles. The lowest BCUT2D eigenvalue weighted by Gasteiger charge is -2.16. The number of hydrogen-bond acceptors (Lipinski definition) is 1. The molecule has 0 heterocycles. The van der Waals surface area contributed by atoms with Gasteiger partial charge in [-0.1, -0.05) is 41.9 Å². The summed E-state index contributed by atoms with van der Waals surface area (Å²) in [4.78, 5) is 0. The van der Waals surface area contributed by atoms with Gasteiger partial charge < -0.3 is 5.32 Å². The fourth-order valence-electron chi connectivity index (χ4n) is 2.16. The Bertz CT molecular complexity index is 563. The fourth-order valence-corrected chi connectivity index (χ4v) is 2.36. The quantitative estimate of drug-likeness (QED) is 0.843. The van der Waals surface area contributed by atoms with E-state index in [0.29, 0.717) is 6.04 Å². The van der Waals surface area contributed by atoms with Gasteiger partial charge in [0.2, 0.25) is 0 Å². The molecule has 0 saturated heterocycles. The largest absolute Gasteiger partial charge is 0.306 e. The Balaban J connectivity index is 2.04. The van der Waals surface area contributed by atoms with Crippen molar-refractivity contribution >= 4 is 11.6 Å². The Labute approximate surface area is 120 Å². The summed E-state index contributed by atoms with van der Waals surface area (Å²) in [5.74, 6) is 0. The molecular weight excluding hydrogens is 254 g/mol. The highest BCUT2D eigenvalue weighted by atomic mass is 35.5. The molecule has 2 aromatic rings. The van der Waals surface area contributed by atoms with Crippen LogP contribution in [-0.4, -0.2) is 0 Å². The average Bonchev–Trinajstić information content (AvgIpc) is 2.40. The molecule has 2 heteroatoms. The van der Waals surface area contributed by atoms with Gasteiger partial charge in [0.15, 0.2) is 0 Å². The van der Waals surface area contributed by atoms with Gasteiger partial charge in [0, 0.05) is 17.6 Å². The molecule has 0 aliphatic rings. The lowest BCUT2D eigenvalue weighted by molar-refractivity contribution is 0.573. The van der Waals surface area contributed by atoms with Crippen LogP contribution in [0.25, 0.3) is 0 Å². The van der Waals surface area contributed by atoms with E-state index in [4.69, 9.17) is 11.6 Å². The molecule has 1 atom stereocenters. The van der Waals surface area contributed by atoms with Gasteiger partial charge in [0.1, 0.15) is 0 Å². The van der Waals surface area contributed by atoms with Crippen molar-refractivity contribution in [3.05, 3.63) is 69.7 Å². The first-order valence-corrected chi connectivity index (χ1v) is 6.99. The molecule has 0 bridgehead atoms. The fraction of sp³-hybridized carbons (Fsp3) is 0.294. The maximum absolute atomic E-state index is 6.02. The lowest BCUT2D eigenvalue weighted by Crippen LogP contribution is -2.18. The Morgan fingerprint density at radius 2 is 1.84 bits per heavy atom. The second-order valence-electron chi connectivity index (χ2n) is 5.02. The zero-order valence-corrected chi connectivity index (χ0v) is 12.5. The normalized spacial score (nSPS) is 12.4. The lowest BCUT2D eigenvalue weighted by atomic mass is 10.0. The number of hydrogen-bond donors (Lipinski definition) is 1. The van der Waals surface area contributed by atoms with Crippen LogP contribution in [0.4, 0.5) is 0 Å². The third-order valence-electron chi connectivity index (χ3n) is 3.66. The summed E-state index contributed by atoms with van der Waals surface area (Å²) in [6.07, 6.45) is 0. The number of nitrogens with one attached hydrogen (secondary N) is 1. The number of aryl methyl sites for hydroxylation is 1. The van der Waals surface area contributed by atoms with Gasteiger partial charge >= 0.3 is 0 Å². The van der Waals surface area contributed by atoms with Crippen LogP contribution in [0.1, 0.15) is 35.2 Å². The second-order valence-corrected chi connectivity index (χ2v) is 5.45. The van der Waals surface area contributed by atoms with Crippen molar-refractivity contribution in [2.24, 2.45) is 0 Å². The van der Waals surface area contributed by atoms with Gasteiger partial charge in [-0.05, 0) is 55.2 Å². The highest BCUT2D eigenvalue weighted by Crippen LogP contribution is 2.19. The first-order valence-electron chi connectivity index (χ1n) is 6.62. The van der Waals surface area contributed by atoms with E-state index < -0.39 is 0 Å². The maximum Gasteiger partial charge on any atom is 0.0409 e. The number of halogens is 1. The van der Waals surface area contributed by atoms with Crippen LogP contribution >= 0.6 is 11.6 Å². The van der Waals surface area contributed by atoms with E-state index in [1.54, 1.807) is 0 Å². The molecule has 100 valence electrons. The van der Waals surface area contributed by atoms with E-state index in [0.717, 1.165) is 11.6 Å². The van der Waals surface area contributed by atoms with E-state index >= 15 is 0 Å². The average molecular weight is 274 g/mol. The van der Waals surface area contributed by atoms with Gasteiger partial charge in [0.05, 0.1) is 0 Å². The molecule has 1 nitrogen and oxygen atoms in total. The summed E-state index contributed by atoms with van der Waals surface area (Å²) in [5, 5.41) is 4.34. The van der Waals surface area contributed by atoms with Gasteiger partial charge in [-0.2, -0.15) is 0 Å². The molecule has 0 aliphatic heterocycles. The van der Waals surface area contributed by atoms with Crippen molar-refractivity contribution in [3.63, 3.8) is 0 Å². The molecule has 19 heavy (non-hydrogen) atoms. The van der Waals surface area contributed by atoms with E-state index in [9.17, 15) is 0 Å². The minimum Gasteiger partial charge on any atom is -0.306 e. The van der Waals surface area contributed by atoms with Crippen molar-refractivity contribution in [2.45, 2.75) is 33.4 Å². The number of rotatable bonds is 4. The monoisotopic (exact) mass is 273 g/mol. The summed E-state index contributed by atoms with van der Waals surface area (Å²) in [6.45, 7) is 7.37. The van der Waals surface area contributed by atoms with Crippen molar-refractivity contribution in [3.8, 4) is 0 Å². The minimum absolute atomic E-state index is 0.290. The minimum atomic E-state index is 0.290. The Morgan fingerprint density at radius 3 is 2.58 bits per heavy atom. The SMILES string of the molecule is Cc1cccc(CN[C@@H](C)c2cccc(Cl)c2)c1C. The Kier molecular flexibility index (Phi) is 4.62. The molecular formula is C17H20ClN. The van der Waals surface area contributed by atoms with Gasteiger partial charge in [-0.25, -0.2) is 0 Å². The zero-order valence-electron chi connectivity index (χ0n) is 11.7. The Morgan fingerprint density at radius 1 is 1.11 bits per heavy atom. The first-order chi connectivity index (χ1) is 9.08. The summed E-state index contributed by atoms with van der Waals surface area (Å²) < 4.78 is 0. The molecule has 0 aromatic heterocycles.